The molecule has 0 aliphatic heterocycles. The number of benzene rings is 1. The highest BCUT2D eigenvalue weighted by Crippen LogP contribution is 2.24. The SMILES string of the molecule is CCCNC(Cc1ccc(CC)s1)c1ccc(C)cc1. The van der Waals surface area contributed by atoms with Crippen LogP contribution in [0.3, 0.4) is 0 Å². The van der Waals surface area contributed by atoms with Gasteiger partial charge in [0.1, 0.15) is 0 Å². The first kappa shape index (κ1) is 15.3. The third-order valence-electron chi connectivity index (χ3n) is 3.59. The maximum atomic E-state index is 3.69. The van der Waals surface area contributed by atoms with Crippen molar-refractivity contribution in [3.63, 3.8) is 0 Å². The van der Waals surface area contributed by atoms with Gasteiger partial charge < -0.3 is 5.32 Å². The van der Waals surface area contributed by atoms with E-state index in [1.165, 1.54) is 27.3 Å². The number of aryl methyl sites for hydroxylation is 2. The predicted octanol–water partition coefficient (Wildman–Crippen LogP) is 4.90. The molecular formula is C18H25NS. The summed E-state index contributed by atoms with van der Waals surface area (Å²) in [7, 11) is 0. The van der Waals surface area contributed by atoms with Gasteiger partial charge in [0.15, 0.2) is 0 Å². The quantitative estimate of drug-likeness (QED) is 0.763. The molecule has 0 fully saturated rings. The summed E-state index contributed by atoms with van der Waals surface area (Å²) in [4.78, 5) is 2.97. The van der Waals surface area contributed by atoms with Gasteiger partial charge in [-0.05, 0) is 44.0 Å². The summed E-state index contributed by atoms with van der Waals surface area (Å²) in [5, 5.41) is 3.69. The molecule has 1 unspecified atom stereocenters. The fourth-order valence-corrected chi connectivity index (χ4v) is 3.35. The van der Waals surface area contributed by atoms with Crippen LogP contribution in [0.4, 0.5) is 0 Å². The fourth-order valence-electron chi connectivity index (χ4n) is 2.35. The molecule has 1 aromatic heterocycles. The van der Waals surface area contributed by atoms with Crippen molar-refractivity contribution in [2.45, 2.75) is 46.1 Å². The second kappa shape index (κ2) is 7.61. The maximum Gasteiger partial charge on any atom is 0.0368 e. The summed E-state index contributed by atoms with van der Waals surface area (Å²) < 4.78 is 0. The lowest BCUT2D eigenvalue weighted by molar-refractivity contribution is 0.532. The summed E-state index contributed by atoms with van der Waals surface area (Å²) in [6.07, 6.45) is 3.41. The van der Waals surface area contributed by atoms with Gasteiger partial charge in [0.2, 0.25) is 0 Å². The molecule has 108 valence electrons. The summed E-state index contributed by atoms with van der Waals surface area (Å²) in [5.41, 5.74) is 2.72. The molecule has 1 atom stereocenters. The van der Waals surface area contributed by atoms with Crippen LogP contribution in [0.1, 0.15) is 47.2 Å². The van der Waals surface area contributed by atoms with Crippen LogP contribution < -0.4 is 5.32 Å². The van der Waals surface area contributed by atoms with Crippen molar-refractivity contribution in [1.82, 2.24) is 5.32 Å². The normalized spacial score (nSPS) is 12.6. The highest BCUT2D eigenvalue weighted by Gasteiger charge is 2.12. The average Bonchev–Trinajstić information content (AvgIpc) is 2.92. The molecule has 2 heteroatoms. The Kier molecular flexibility index (Phi) is 5.81. The average molecular weight is 287 g/mol. The van der Waals surface area contributed by atoms with Gasteiger partial charge in [-0.2, -0.15) is 0 Å². The van der Waals surface area contributed by atoms with E-state index in [2.05, 4.69) is 62.5 Å². The van der Waals surface area contributed by atoms with Crippen molar-refractivity contribution in [1.29, 1.82) is 0 Å². The topological polar surface area (TPSA) is 12.0 Å². The molecule has 20 heavy (non-hydrogen) atoms. The number of nitrogens with one attached hydrogen (secondary N) is 1. The minimum atomic E-state index is 0.430. The Morgan fingerprint density at radius 3 is 2.30 bits per heavy atom. The van der Waals surface area contributed by atoms with E-state index in [9.17, 15) is 0 Å². The maximum absolute atomic E-state index is 3.69. The zero-order valence-corrected chi connectivity index (χ0v) is 13.6. The van der Waals surface area contributed by atoms with E-state index in [4.69, 9.17) is 0 Å². The minimum Gasteiger partial charge on any atom is -0.310 e. The Balaban J connectivity index is 2.12. The molecule has 0 aliphatic rings. The number of hydrogen-bond acceptors (Lipinski definition) is 2. The Morgan fingerprint density at radius 2 is 1.70 bits per heavy atom. The summed E-state index contributed by atoms with van der Waals surface area (Å²) >= 11 is 1.95. The van der Waals surface area contributed by atoms with Crippen LogP contribution in [0.5, 0.6) is 0 Å². The molecule has 1 N–H and O–H groups in total. The van der Waals surface area contributed by atoms with Crippen LogP contribution in [0.15, 0.2) is 36.4 Å². The molecule has 0 amide bonds. The highest BCUT2D eigenvalue weighted by molar-refractivity contribution is 7.11. The van der Waals surface area contributed by atoms with Crippen molar-refractivity contribution in [3.8, 4) is 0 Å². The van der Waals surface area contributed by atoms with E-state index < -0.39 is 0 Å². The largest absolute Gasteiger partial charge is 0.310 e. The Labute approximate surface area is 127 Å². The molecule has 1 aromatic carbocycles. The van der Waals surface area contributed by atoms with Gasteiger partial charge in [-0.25, -0.2) is 0 Å². The summed E-state index contributed by atoms with van der Waals surface area (Å²) in [5.74, 6) is 0. The van der Waals surface area contributed by atoms with E-state index in [0.29, 0.717) is 6.04 Å². The van der Waals surface area contributed by atoms with Gasteiger partial charge in [-0.1, -0.05) is 43.7 Å². The first-order valence-corrected chi connectivity index (χ1v) is 8.42. The molecule has 0 bridgehead atoms. The van der Waals surface area contributed by atoms with Gasteiger partial charge in [0, 0.05) is 22.2 Å². The van der Waals surface area contributed by atoms with E-state index in [0.717, 1.165) is 19.4 Å². The van der Waals surface area contributed by atoms with Crippen LogP contribution in [0.25, 0.3) is 0 Å². The fraction of sp³-hybridized carbons (Fsp3) is 0.444. The molecular weight excluding hydrogens is 262 g/mol. The first-order chi connectivity index (χ1) is 9.72. The molecule has 0 saturated carbocycles. The van der Waals surface area contributed by atoms with E-state index in [1.54, 1.807) is 0 Å². The summed E-state index contributed by atoms with van der Waals surface area (Å²) in [6, 6.07) is 13.9. The molecule has 0 aliphatic carbocycles. The lowest BCUT2D eigenvalue weighted by Gasteiger charge is -2.18. The van der Waals surface area contributed by atoms with Crippen molar-refractivity contribution >= 4 is 11.3 Å². The van der Waals surface area contributed by atoms with E-state index in [-0.39, 0.29) is 0 Å². The smallest absolute Gasteiger partial charge is 0.0368 e. The van der Waals surface area contributed by atoms with Crippen molar-refractivity contribution in [2.75, 3.05) is 6.54 Å². The highest BCUT2D eigenvalue weighted by atomic mass is 32.1. The predicted molar refractivity (Wildman–Crippen MR) is 89.6 cm³/mol. The van der Waals surface area contributed by atoms with Crippen LogP contribution in [-0.2, 0) is 12.8 Å². The Morgan fingerprint density at radius 1 is 1.00 bits per heavy atom. The Bertz CT molecular complexity index is 512. The van der Waals surface area contributed by atoms with Crippen molar-refractivity contribution in [3.05, 3.63) is 57.3 Å². The third kappa shape index (κ3) is 4.19. The monoisotopic (exact) mass is 287 g/mol. The second-order valence-corrected chi connectivity index (χ2v) is 6.60. The molecule has 0 saturated heterocycles. The molecule has 0 radical (unpaired) electrons. The first-order valence-electron chi connectivity index (χ1n) is 7.60. The number of hydrogen-bond donors (Lipinski definition) is 1. The van der Waals surface area contributed by atoms with Crippen LogP contribution in [-0.4, -0.2) is 6.54 Å². The van der Waals surface area contributed by atoms with Crippen molar-refractivity contribution in [2.24, 2.45) is 0 Å². The Hall–Kier alpha value is -1.12. The van der Waals surface area contributed by atoms with Crippen LogP contribution in [0, 0.1) is 6.92 Å². The van der Waals surface area contributed by atoms with Gasteiger partial charge in [-0.15, -0.1) is 11.3 Å². The number of thiophene rings is 1. The standard InChI is InChI=1S/C18H25NS/c1-4-12-19-18(15-8-6-14(3)7-9-15)13-17-11-10-16(5-2)20-17/h6-11,18-19H,4-5,12-13H2,1-3H3. The molecule has 2 aromatic rings. The van der Waals surface area contributed by atoms with Gasteiger partial charge in [-0.3, -0.25) is 0 Å². The second-order valence-electron chi connectivity index (χ2n) is 5.34. The third-order valence-corrected chi connectivity index (χ3v) is 4.84. The lowest BCUT2D eigenvalue weighted by atomic mass is 10.0. The lowest BCUT2D eigenvalue weighted by Crippen LogP contribution is -2.23. The van der Waals surface area contributed by atoms with Crippen LogP contribution >= 0.6 is 11.3 Å². The minimum absolute atomic E-state index is 0.430. The van der Waals surface area contributed by atoms with Crippen LogP contribution in [0.2, 0.25) is 0 Å². The zero-order valence-electron chi connectivity index (χ0n) is 12.8. The molecule has 0 spiro atoms. The molecule has 1 heterocycles. The van der Waals surface area contributed by atoms with Gasteiger partial charge >= 0.3 is 0 Å². The van der Waals surface area contributed by atoms with E-state index >= 15 is 0 Å². The van der Waals surface area contributed by atoms with Gasteiger partial charge in [0.05, 0.1) is 0 Å². The zero-order chi connectivity index (χ0) is 14.4. The molecule has 1 nitrogen and oxygen atoms in total. The van der Waals surface area contributed by atoms with Crippen molar-refractivity contribution < 1.29 is 0 Å². The number of rotatable bonds is 7. The molecule has 2 rings (SSSR count). The summed E-state index contributed by atoms with van der Waals surface area (Å²) in [6.45, 7) is 7.66. The van der Waals surface area contributed by atoms with Gasteiger partial charge in [0.25, 0.3) is 0 Å². The van der Waals surface area contributed by atoms with E-state index in [1.807, 2.05) is 11.3 Å².